The highest BCUT2D eigenvalue weighted by molar-refractivity contribution is 6.35. The molecule has 4 rings (SSSR count). The zero-order valence-electron chi connectivity index (χ0n) is 15.0. The topological polar surface area (TPSA) is 118 Å². The average molecular weight is 390 g/mol. The maximum absolute atomic E-state index is 13.3. The van der Waals surface area contributed by atoms with Gasteiger partial charge in [-0.1, -0.05) is 11.6 Å². The number of carbonyl (C=O) groups is 1. The van der Waals surface area contributed by atoms with Crippen LogP contribution in [-0.2, 0) is 5.66 Å². The van der Waals surface area contributed by atoms with Crippen molar-refractivity contribution >= 4 is 34.8 Å². The molecule has 0 radical (unpaired) electrons. The van der Waals surface area contributed by atoms with Gasteiger partial charge in [0.15, 0.2) is 5.82 Å². The van der Waals surface area contributed by atoms with E-state index in [1.807, 2.05) is 7.05 Å². The lowest BCUT2D eigenvalue weighted by atomic mass is 9.97. The molecule has 0 bridgehead atoms. The number of anilines is 3. The van der Waals surface area contributed by atoms with Crippen LogP contribution in [0.15, 0.2) is 17.2 Å². The van der Waals surface area contributed by atoms with Crippen molar-refractivity contribution in [3.05, 3.63) is 39.0 Å². The van der Waals surface area contributed by atoms with E-state index in [4.69, 9.17) is 17.3 Å². The van der Waals surface area contributed by atoms with Crippen molar-refractivity contribution in [3.63, 3.8) is 0 Å². The van der Waals surface area contributed by atoms with Crippen LogP contribution in [0.5, 0.6) is 0 Å². The number of piperidine rings is 1. The van der Waals surface area contributed by atoms with E-state index in [0.29, 0.717) is 24.1 Å². The number of nitrogens with zero attached hydrogens (tertiary/aromatic N) is 4. The summed E-state index contributed by atoms with van der Waals surface area (Å²) in [6, 6.07) is 1.64. The molecule has 2 aliphatic rings. The number of halogens is 1. The third kappa shape index (κ3) is 2.74. The van der Waals surface area contributed by atoms with Crippen LogP contribution < -0.4 is 21.9 Å². The first-order valence-corrected chi connectivity index (χ1v) is 9.01. The smallest absolute Gasteiger partial charge is 0.276 e. The van der Waals surface area contributed by atoms with Gasteiger partial charge in [0.1, 0.15) is 34.2 Å². The van der Waals surface area contributed by atoms with Gasteiger partial charge in [0.25, 0.3) is 11.5 Å². The maximum atomic E-state index is 13.3. The van der Waals surface area contributed by atoms with Gasteiger partial charge < -0.3 is 21.3 Å². The summed E-state index contributed by atoms with van der Waals surface area (Å²) < 4.78 is 1.60. The highest BCUT2D eigenvalue weighted by Crippen LogP contribution is 2.34. The Balaban J connectivity index is 1.83. The summed E-state index contributed by atoms with van der Waals surface area (Å²) in [5.41, 5.74) is 6.10. The predicted molar refractivity (Wildman–Crippen MR) is 102 cm³/mol. The second-order valence-electron chi connectivity index (χ2n) is 7.07. The minimum absolute atomic E-state index is 0.121. The number of nitrogens with one attached hydrogen (secondary N) is 2. The molecule has 27 heavy (non-hydrogen) atoms. The Bertz CT molecular complexity index is 996. The normalized spacial score (nSPS) is 18.4. The Labute approximate surface area is 160 Å². The average Bonchev–Trinajstić information content (AvgIpc) is 2.92. The van der Waals surface area contributed by atoms with Gasteiger partial charge in [-0.15, -0.1) is 0 Å². The van der Waals surface area contributed by atoms with Gasteiger partial charge >= 0.3 is 0 Å². The molecule has 2 aromatic heterocycles. The molecule has 142 valence electrons. The van der Waals surface area contributed by atoms with Gasteiger partial charge in [0.2, 0.25) is 0 Å². The van der Waals surface area contributed by atoms with Crippen molar-refractivity contribution < 1.29 is 4.79 Å². The predicted octanol–water partition coefficient (Wildman–Crippen LogP) is 1.05. The van der Waals surface area contributed by atoms with Crippen LogP contribution in [0.4, 0.5) is 17.3 Å². The van der Waals surface area contributed by atoms with E-state index in [0.717, 1.165) is 13.1 Å². The van der Waals surface area contributed by atoms with E-state index >= 15 is 0 Å². The molecule has 0 aliphatic carbocycles. The summed E-state index contributed by atoms with van der Waals surface area (Å²) in [6.07, 6.45) is 2.59. The Hall–Kier alpha value is -2.65. The minimum atomic E-state index is -0.701. The molecule has 1 saturated heterocycles. The quantitative estimate of drug-likeness (QED) is 0.702. The molecule has 0 aromatic carbocycles. The first-order valence-electron chi connectivity index (χ1n) is 8.63. The third-order valence-electron chi connectivity index (χ3n) is 5.26. The molecular formula is C17H20ClN7O2. The monoisotopic (exact) mass is 389 g/mol. The van der Waals surface area contributed by atoms with Gasteiger partial charge in [-0.3, -0.25) is 14.2 Å². The van der Waals surface area contributed by atoms with E-state index in [2.05, 4.69) is 25.5 Å². The number of nitrogens with two attached hydrogens (primary N) is 1. The molecule has 2 aromatic rings. The van der Waals surface area contributed by atoms with Gasteiger partial charge in [-0.2, -0.15) is 0 Å². The zero-order chi connectivity index (χ0) is 19.3. The highest BCUT2D eigenvalue weighted by Gasteiger charge is 2.46. The number of aromatic nitrogens is 3. The number of nitrogen functional groups attached to an aromatic ring is 1. The summed E-state index contributed by atoms with van der Waals surface area (Å²) in [4.78, 5) is 35.9. The molecule has 0 atom stereocenters. The molecule has 4 heterocycles. The number of hydrogen-bond acceptors (Lipinski definition) is 7. The number of amides is 1. The second-order valence-corrected chi connectivity index (χ2v) is 7.44. The lowest BCUT2D eigenvalue weighted by molar-refractivity contribution is 0.0799. The third-order valence-corrected chi connectivity index (χ3v) is 5.64. The van der Waals surface area contributed by atoms with E-state index in [1.165, 1.54) is 6.33 Å². The van der Waals surface area contributed by atoms with Crippen LogP contribution >= 0.6 is 11.6 Å². The van der Waals surface area contributed by atoms with Crippen molar-refractivity contribution in [1.82, 2.24) is 24.8 Å². The molecular weight excluding hydrogens is 370 g/mol. The molecule has 9 nitrogen and oxygen atoms in total. The Kier molecular flexibility index (Phi) is 4.08. The fraction of sp³-hybridized carbons (Fsp3) is 0.412. The number of fused-ring (bicyclic) bond motifs is 2. The van der Waals surface area contributed by atoms with E-state index < -0.39 is 5.66 Å². The number of rotatable bonds is 2. The first kappa shape index (κ1) is 17.7. The lowest BCUT2D eigenvalue weighted by Gasteiger charge is -2.39. The summed E-state index contributed by atoms with van der Waals surface area (Å²) in [5.74, 6) is 0.150. The number of likely N-dealkylation sites (tertiary alicyclic amines) is 1. The lowest BCUT2D eigenvalue weighted by Crippen LogP contribution is -2.53. The molecule has 1 fully saturated rings. The molecule has 10 heteroatoms. The van der Waals surface area contributed by atoms with Gasteiger partial charge in [-0.25, -0.2) is 9.97 Å². The Morgan fingerprint density at radius 1 is 1.30 bits per heavy atom. The van der Waals surface area contributed by atoms with E-state index in [-0.39, 0.29) is 33.8 Å². The summed E-state index contributed by atoms with van der Waals surface area (Å²) in [6.45, 7) is 3.38. The highest BCUT2D eigenvalue weighted by atomic mass is 35.5. The molecule has 4 N–H and O–H groups in total. The van der Waals surface area contributed by atoms with Crippen molar-refractivity contribution in [2.24, 2.45) is 0 Å². The molecule has 0 unspecified atom stereocenters. The maximum Gasteiger partial charge on any atom is 0.276 e. The number of hydrogen-bond donors (Lipinski definition) is 3. The number of aryl methyl sites for hydroxylation is 1. The number of pyridine rings is 1. The van der Waals surface area contributed by atoms with Crippen LogP contribution in [0.3, 0.4) is 0 Å². The standard InChI is InChI=1S/C17H20ClN7O2/c1-9-7-10(22-14-11(18)13(19)20-8-21-14)16(27)25-12(9)15(26)23-17(25)3-5-24(2)6-4-17/h7-8H,3-6H2,1-2H3,(H,23,26)(H3,19,20,21,22). The molecule has 0 saturated carbocycles. The molecule has 2 aliphatic heterocycles. The number of carbonyl (C=O) groups excluding carboxylic acids is 1. The van der Waals surface area contributed by atoms with Crippen molar-refractivity contribution in [2.45, 2.75) is 25.4 Å². The van der Waals surface area contributed by atoms with Crippen LogP contribution in [0.2, 0.25) is 5.02 Å². The second kappa shape index (κ2) is 6.21. The Morgan fingerprint density at radius 3 is 2.70 bits per heavy atom. The largest absolute Gasteiger partial charge is 0.382 e. The minimum Gasteiger partial charge on any atom is -0.382 e. The van der Waals surface area contributed by atoms with Crippen LogP contribution in [0.1, 0.15) is 28.9 Å². The van der Waals surface area contributed by atoms with Crippen molar-refractivity contribution in [3.8, 4) is 0 Å². The van der Waals surface area contributed by atoms with Crippen LogP contribution in [0.25, 0.3) is 0 Å². The molecule has 1 spiro atoms. The fourth-order valence-electron chi connectivity index (χ4n) is 3.79. The van der Waals surface area contributed by atoms with Crippen LogP contribution in [-0.4, -0.2) is 45.5 Å². The van der Waals surface area contributed by atoms with E-state index in [9.17, 15) is 9.59 Å². The van der Waals surface area contributed by atoms with Gasteiger partial charge in [0, 0.05) is 25.9 Å². The van der Waals surface area contributed by atoms with Gasteiger partial charge in [-0.05, 0) is 25.6 Å². The summed E-state index contributed by atoms with van der Waals surface area (Å²) in [7, 11) is 2.03. The summed E-state index contributed by atoms with van der Waals surface area (Å²) >= 11 is 6.14. The Morgan fingerprint density at radius 2 is 2.00 bits per heavy atom. The molecule has 1 amide bonds. The van der Waals surface area contributed by atoms with E-state index in [1.54, 1.807) is 17.6 Å². The SMILES string of the molecule is Cc1cc(Nc2ncnc(N)c2Cl)c(=O)n2c1C(=O)NC21CCN(C)CC1. The van der Waals surface area contributed by atoms with Crippen LogP contribution in [0, 0.1) is 6.92 Å². The first-order chi connectivity index (χ1) is 12.8. The zero-order valence-corrected chi connectivity index (χ0v) is 15.8. The fourth-order valence-corrected chi connectivity index (χ4v) is 3.93. The summed E-state index contributed by atoms with van der Waals surface area (Å²) in [5, 5.41) is 6.14. The van der Waals surface area contributed by atoms with Crippen molar-refractivity contribution in [1.29, 1.82) is 0 Å². The van der Waals surface area contributed by atoms with Crippen molar-refractivity contribution in [2.75, 3.05) is 31.2 Å². The van der Waals surface area contributed by atoms with Gasteiger partial charge in [0.05, 0.1) is 0 Å².